The van der Waals surface area contributed by atoms with Gasteiger partial charge in [0.1, 0.15) is 23.0 Å². The minimum atomic E-state index is -4.55. The molecule has 3 heterocycles. The van der Waals surface area contributed by atoms with Crippen molar-refractivity contribution < 1.29 is 40.3 Å². The van der Waals surface area contributed by atoms with Crippen LogP contribution >= 0.6 is 0 Å². The molecular weight excluding hydrogens is 648 g/mol. The second-order valence-electron chi connectivity index (χ2n) is 11.9. The van der Waals surface area contributed by atoms with Crippen molar-refractivity contribution in [3.05, 3.63) is 113 Å². The number of nitrogen functional groups attached to an aromatic ring is 1. The minimum Gasteiger partial charge on any atom is -0.460 e. The molecule has 6 nitrogen and oxygen atoms in total. The Morgan fingerprint density at radius 1 is 0.918 bits per heavy atom. The third-order valence-electron chi connectivity index (χ3n) is 8.39. The molecule has 0 spiro atoms. The van der Waals surface area contributed by atoms with Crippen LogP contribution < -0.4 is 5.73 Å². The molecule has 1 aliphatic rings. The number of ketones is 1. The van der Waals surface area contributed by atoms with Gasteiger partial charge in [0.05, 0.1) is 5.56 Å². The van der Waals surface area contributed by atoms with Crippen molar-refractivity contribution in [2.45, 2.75) is 37.8 Å². The highest BCUT2D eigenvalue weighted by Crippen LogP contribution is 2.39. The molecule has 0 unspecified atom stereocenters. The molecule has 1 amide bonds. The molecular formula is C37H29F6N3O3. The number of hydrogen-bond acceptors (Lipinski definition) is 5. The number of carbonyl (C=O) groups is 2. The third kappa shape index (κ3) is 7.69. The van der Waals surface area contributed by atoms with E-state index in [0.29, 0.717) is 44.8 Å². The summed E-state index contributed by atoms with van der Waals surface area (Å²) in [5.41, 5.74) is 7.03. The number of halogens is 6. The SMILES string of the molecule is Nc1ccc(/C=C/C(=O)CCc2cc3cc(-c4ccc(C(=O)N5CCC(F)(F)CC5)cc4F)cc(-c4ccc(C(F)(F)F)cc4)c3o2)cn1. The Hall–Kier alpha value is -5.39. The summed E-state index contributed by atoms with van der Waals surface area (Å²) in [5, 5.41) is 0.520. The second kappa shape index (κ2) is 13.3. The van der Waals surface area contributed by atoms with Crippen molar-refractivity contribution in [3.8, 4) is 22.3 Å². The summed E-state index contributed by atoms with van der Waals surface area (Å²) in [4.78, 5) is 30.8. The van der Waals surface area contributed by atoms with Crippen LogP contribution in [-0.4, -0.2) is 40.6 Å². The molecule has 6 rings (SSSR count). The highest BCUT2D eigenvalue weighted by molar-refractivity contribution is 5.98. The maximum absolute atomic E-state index is 15.6. The van der Waals surface area contributed by atoms with Gasteiger partial charge in [-0.2, -0.15) is 13.2 Å². The van der Waals surface area contributed by atoms with Gasteiger partial charge in [-0.05, 0) is 83.4 Å². The molecule has 0 bridgehead atoms. The Balaban J connectivity index is 1.30. The lowest BCUT2D eigenvalue weighted by molar-refractivity contribution is -0.137. The summed E-state index contributed by atoms with van der Waals surface area (Å²) in [7, 11) is 0. The predicted molar refractivity (Wildman–Crippen MR) is 173 cm³/mol. The Morgan fingerprint density at radius 2 is 1.65 bits per heavy atom. The van der Waals surface area contributed by atoms with E-state index >= 15 is 4.39 Å². The van der Waals surface area contributed by atoms with Gasteiger partial charge in [-0.15, -0.1) is 0 Å². The number of nitrogens with zero attached hydrogens (tertiary/aromatic N) is 2. The first kappa shape index (κ1) is 33.5. The number of hydrogen-bond donors (Lipinski definition) is 1. The molecule has 252 valence electrons. The van der Waals surface area contributed by atoms with Gasteiger partial charge in [-0.3, -0.25) is 9.59 Å². The van der Waals surface area contributed by atoms with Gasteiger partial charge in [0.15, 0.2) is 5.78 Å². The van der Waals surface area contributed by atoms with Crippen LogP contribution in [0.25, 0.3) is 39.3 Å². The zero-order chi connectivity index (χ0) is 34.9. The van der Waals surface area contributed by atoms with Crippen LogP contribution in [0.1, 0.15) is 46.5 Å². The first-order valence-electron chi connectivity index (χ1n) is 15.4. The average molecular weight is 678 g/mol. The third-order valence-corrected chi connectivity index (χ3v) is 8.39. The zero-order valence-corrected chi connectivity index (χ0v) is 25.9. The minimum absolute atomic E-state index is 0.00693. The number of aromatic nitrogens is 1. The number of allylic oxidation sites excluding steroid dienone is 1. The summed E-state index contributed by atoms with van der Waals surface area (Å²) >= 11 is 0. The first-order valence-corrected chi connectivity index (χ1v) is 15.4. The molecule has 0 atom stereocenters. The van der Waals surface area contributed by atoms with Crippen LogP contribution in [0.3, 0.4) is 0 Å². The standard InChI is InChI=1S/C37H29F6N3O3/c38-32-20-24(35(48)46-15-13-36(39,40)14-16-46)5-11-30(32)25-17-26-18-29(10-9-28(47)8-1-22-2-12-33(44)45-21-22)49-34(26)31(19-25)23-3-6-27(7-4-23)37(41,42)43/h1-8,11-12,17-21H,9-10,13-16H2,(H2,44,45)/b8-1+. The van der Waals surface area contributed by atoms with E-state index in [4.69, 9.17) is 10.2 Å². The van der Waals surface area contributed by atoms with Crippen LogP contribution in [0, 0.1) is 5.82 Å². The largest absolute Gasteiger partial charge is 0.460 e. The van der Waals surface area contributed by atoms with Crippen molar-refractivity contribution in [1.82, 2.24) is 9.88 Å². The maximum atomic E-state index is 15.6. The molecule has 0 radical (unpaired) electrons. The van der Waals surface area contributed by atoms with Crippen LogP contribution in [-0.2, 0) is 17.4 Å². The molecule has 3 aromatic carbocycles. The topological polar surface area (TPSA) is 89.4 Å². The molecule has 0 saturated carbocycles. The summed E-state index contributed by atoms with van der Waals surface area (Å²) in [6.45, 7) is -0.291. The second-order valence-corrected chi connectivity index (χ2v) is 11.9. The average Bonchev–Trinajstić information content (AvgIpc) is 3.49. The van der Waals surface area contributed by atoms with Crippen LogP contribution in [0.15, 0.2) is 89.5 Å². The monoisotopic (exact) mass is 677 g/mol. The highest BCUT2D eigenvalue weighted by atomic mass is 19.4. The summed E-state index contributed by atoms with van der Waals surface area (Å²) < 4.78 is 88.9. The van der Waals surface area contributed by atoms with E-state index in [1.54, 1.807) is 36.4 Å². The fraction of sp³-hybridized carbons (Fsp3) is 0.216. The van der Waals surface area contributed by atoms with E-state index in [-0.39, 0.29) is 42.8 Å². The fourth-order valence-corrected chi connectivity index (χ4v) is 5.67. The first-order chi connectivity index (χ1) is 23.3. The summed E-state index contributed by atoms with van der Waals surface area (Å²) in [5.74, 6) is -3.54. The molecule has 2 aromatic heterocycles. The predicted octanol–water partition coefficient (Wildman–Crippen LogP) is 8.99. The number of likely N-dealkylation sites (tertiary alicyclic amines) is 1. The number of fused-ring (bicyclic) bond motifs is 1. The quantitative estimate of drug-likeness (QED) is 0.131. The Kier molecular flexibility index (Phi) is 9.06. The van der Waals surface area contributed by atoms with E-state index < -0.39 is 42.2 Å². The molecule has 5 aromatic rings. The molecule has 2 N–H and O–H groups in total. The number of furan rings is 1. The number of rotatable bonds is 8. The van der Waals surface area contributed by atoms with Crippen LogP contribution in [0.4, 0.5) is 32.2 Å². The van der Waals surface area contributed by atoms with Gasteiger partial charge < -0.3 is 15.1 Å². The van der Waals surface area contributed by atoms with E-state index in [9.17, 15) is 31.5 Å². The van der Waals surface area contributed by atoms with Gasteiger partial charge in [0, 0.05) is 67.0 Å². The number of aryl methyl sites for hydroxylation is 1. The number of piperidine rings is 1. The summed E-state index contributed by atoms with van der Waals surface area (Å²) in [6.07, 6.45) is -0.606. The van der Waals surface area contributed by atoms with Crippen LogP contribution in [0.2, 0.25) is 0 Å². The number of anilines is 1. The summed E-state index contributed by atoms with van der Waals surface area (Å²) in [6, 6.07) is 16.6. The maximum Gasteiger partial charge on any atom is 0.416 e. The number of alkyl halides is 5. The Morgan fingerprint density at radius 3 is 2.31 bits per heavy atom. The number of pyridine rings is 1. The molecule has 1 saturated heterocycles. The van der Waals surface area contributed by atoms with Crippen molar-refractivity contribution in [1.29, 1.82) is 0 Å². The smallest absolute Gasteiger partial charge is 0.416 e. The molecule has 49 heavy (non-hydrogen) atoms. The number of amides is 1. The van der Waals surface area contributed by atoms with Gasteiger partial charge in [-0.1, -0.05) is 18.2 Å². The molecule has 1 aliphatic heterocycles. The van der Waals surface area contributed by atoms with Gasteiger partial charge in [-0.25, -0.2) is 18.2 Å². The van der Waals surface area contributed by atoms with E-state index in [1.165, 1.54) is 41.4 Å². The van der Waals surface area contributed by atoms with Crippen molar-refractivity contribution in [2.24, 2.45) is 0 Å². The van der Waals surface area contributed by atoms with Gasteiger partial charge >= 0.3 is 6.18 Å². The Labute approximate surface area is 276 Å². The lowest BCUT2D eigenvalue weighted by Gasteiger charge is -2.31. The number of carbonyl (C=O) groups excluding carboxylic acids is 2. The van der Waals surface area contributed by atoms with Crippen molar-refractivity contribution >= 4 is 34.6 Å². The fourth-order valence-electron chi connectivity index (χ4n) is 5.67. The Bertz CT molecular complexity index is 2040. The lowest BCUT2D eigenvalue weighted by Crippen LogP contribution is -2.42. The molecule has 0 aliphatic carbocycles. The van der Waals surface area contributed by atoms with Crippen molar-refractivity contribution in [2.75, 3.05) is 18.8 Å². The number of nitrogens with two attached hydrogens (primary N) is 1. The normalized spacial score (nSPS) is 14.9. The lowest BCUT2D eigenvalue weighted by atomic mass is 9.95. The van der Waals surface area contributed by atoms with E-state index in [2.05, 4.69) is 4.98 Å². The van der Waals surface area contributed by atoms with Gasteiger partial charge in [0.2, 0.25) is 0 Å². The highest BCUT2D eigenvalue weighted by Gasteiger charge is 2.36. The van der Waals surface area contributed by atoms with E-state index in [0.717, 1.165) is 18.2 Å². The van der Waals surface area contributed by atoms with E-state index in [1.807, 2.05) is 0 Å². The molecule has 12 heteroatoms. The van der Waals surface area contributed by atoms with Crippen molar-refractivity contribution in [3.63, 3.8) is 0 Å². The zero-order valence-electron chi connectivity index (χ0n) is 25.9. The number of benzene rings is 3. The molecule has 1 fully saturated rings. The van der Waals surface area contributed by atoms with Crippen LogP contribution in [0.5, 0.6) is 0 Å². The van der Waals surface area contributed by atoms with Gasteiger partial charge in [0.25, 0.3) is 11.8 Å².